The van der Waals surface area contributed by atoms with Crippen LogP contribution in [0.15, 0.2) is 54.7 Å². The SMILES string of the molecule is FC(F)(F)c1cnc(Nc2ccc(OC3CCCCC3)cc2)nc1Nc1cccc(OC2CCCC2)c1. The summed E-state index contributed by atoms with van der Waals surface area (Å²) in [6, 6.07) is 14.2. The van der Waals surface area contributed by atoms with Crippen molar-refractivity contribution in [2.75, 3.05) is 10.6 Å². The van der Waals surface area contributed by atoms with Crippen LogP contribution in [0, 0.1) is 0 Å². The fourth-order valence-electron chi connectivity index (χ4n) is 4.85. The minimum Gasteiger partial charge on any atom is -0.490 e. The molecule has 2 aliphatic carbocycles. The van der Waals surface area contributed by atoms with E-state index >= 15 is 0 Å². The highest BCUT2D eigenvalue weighted by Gasteiger charge is 2.35. The predicted molar refractivity (Wildman–Crippen MR) is 137 cm³/mol. The molecule has 2 saturated carbocycles. The van der Waals surface area contributed by atoms with Crippen LogP contribution in [0.1, 0.15) is 63.4 Å². The highest BCUT2D eigenvalue weighted by atomic mass is 19.4. The highest BCUT2D eigenvalue weighted by molar-refractivity contribution is 5.64. The van der Waals surface area contributed by atoms with E-state index in [-0.39, 0.29) is 24.0 Å². The fraction of sp³-hybridized carbons (Fsp3) is 0.429. The second-order valence-corrected chi connectivity index (χ2v) is 9.66. The van der Waals surface area contributed by atoms with Crippen molar-refractivity contribution in [1.29, 1.82) is 0 Å². The second-order valence-electron chi connectivity index (χ2n) is 9.66. The van der Waals surface area contributed by atoms with Crippen molar-refractivity contribution in [3.63, 3.8) is 0 Å². The first-order valence-corrected chi connectivity index (χ1v) is 12.9. The van der Waals surface area contributed by atoms with Gasteiger partial charge in [0.1, 0.15) is 22.9 Å². The third-order valence-electron chi connectivity index (χ3n) is 6.76. The van der Waals surface area contributed by atoms with Crippen molar-refractivity contribution in [1.82, 2.24) is 9.97 Å². The quantitative estimate of drug-likeness (QED) is 0.319. The molecule has 2 N–H and O–H groups in total. The Bertz CT molecular complexity index is 1170. The lowest BCUT2D eigenvalue weighted by Crippen LogP contribution is -2.19. The number of nitrogens with one attached hydrogen (secondary N) is 2. The van der Waals surface area contributed by atoms with E-state index in [4.69, 9.17) is 9.47 Å². The van der Waals surface area contributed by atoms with Gasteiger partial charge < -0.3 is 20.1 Å². The molecule has 0 atom stereocenters. The number of benzene rings is 2. The Labute approximate surface area is 214 Å². The van der Waals surface area contributed by atoms with Gasteiger partial charge in [0.2, 0.25) is 5.95 Å². The number of aromatic nitrogens is 2. The smallest absolute Gasteiger partial charge is 0.421 e. The van der Waals surface area contributed by atoms with Crippen LogP contribution in [0.4, 0.5) is 36.3 Å². The molecule has 0 radical (unpaired) electrons. The molecule has 0 aliphatic heterocycles. The average molecular weight is 513 g/mol. The van der Waals surface area contributed by atoms with Crippen molar-refractivity contribution in [3.05, 3.63) is 60.3 Å². The van der Waals surface area contributed by atoms with Crippen LogP contribution in [-0.4, -0.2) is 22.2 Å². The Hall–Kier alpha value is -3.49. The number of alkyl halides is 3. The van der Waals surface area contributed by atoms with Crippen LogP contribution < -0.4 is 20.1 Å². The normalized spacial score (nSPS) is 16.9. The summed E-state index contributed by atoms with van der Waals surface area (Å²) in [5.41, 5.74) is 0.153. The minimum atomic E-state index is -4.61. The first kappa shape index (κ1) is 25.2. The van der Waals surface area contributed by atoms with Gasteiger partial charge in [-0.1, -0.05) is 12.5 Å². The zero-order valence-corrected chi connectivity index (χ0v) is 20.6. The first-order chi connectivity index (χ1) is 17.9. The fourth-order valence-corrected chi connectivity index (χ4v) is 4.85. The standard InChI is InChI=1S/C28H31F3N4O2/c29-28(30,31)25-18-32-27(34-19-13-15-23(16-14-19)36-21-8-2-1-3-9-21)35-26(25)33-20-7-6-12-24(17-20)37-22-10-4-5-11-22/h6-7,12-18,21-22H,1-5,8-11H2,(H2,32,33,34,35). The Morgan fingerprint density at radius 1 is 0.730 bits per heavy atom. The summed E-state index contributed by atoms with van der Waals surface area (Å²) >= 11 is 0. The van der Waals surface area contributed by atoms with Crippen molar-refractivity contribution >= 4 is 23.1 Å². The molecule has 5 rings (SSSR count). The molecule has 0 bridgehead atoms. The second kappa shape index (κ2) is 11.3. The molecule has 1 aromatic heterocycles. The monoisotopic (exact) mass is 512 g/mol. The molecule has 6 nitrogen and oxygen atoms in total. The molecule has 2 aromatic carbocycles. The highest BCUT2D eigenvalue weighted by Crippen LogP contribution is 2.36. The summed E-state index contributed by atoms with van der Waals surface area (Å²) in [5, 5.41) is 5.80. The van der Waals surface area contributed by atoms with Crippen LogP contribution in [-0.2, 0) is 6.18 Å². The van der Waals surface area contributed by atoms with Gasteiger partial charge in [-0.2, -0.15) is 18.2 Å². The summed E-state index contributed by atoms with van der Waals surface area (Å²) in [5.74, 6) is 1.11. The lowest BCUT2D eigenvalue weighted by Gasteiger charge is -2.23. The summed E-state index contributed by atoms with van der Waals surface area (Å²) in [4.78, 5) is 8.06. The third kappa shape index (κ3) is 6.84. The van der Waals surface area contributed by atoms with E-state index in [1.807, 2.05) is 18.2 Å². The average Bonchev–Trinajstić information content (AvgIpc) is 3.39. The van der Waals surface area contributed by atoms with Gasteiger partial charge in [-0.3, -0.25) is 0 Å². The molecule has 0 unspecified atom stereocenters. The molecular weight excluding hydrogens is 481 g/mol. The summed E-state index contributed by atoms with van der Waals surface area (Å²) in [6.07, 6.45) is 6.55. The minimum absolute atomic E-state index is 0.0507. The van der Waals surface area contributed by atoms with Gasteiger partial charge in [-0.25, -0.2) is 4.98 Å². The van der Waals surface area contributed by atoms with Crippen LogP contribution in [0.2, 0.25) is 0 Å². The maximum atomic E-state index is 13.7. The van der Waals surface area contributed by atoms with Crippen molar-refractivity contribution in [2.45, 2.75) is 76.2 Å². The van der Waals surface area contributed by atoms with Gasteiger partial charge >= 0.3 is 6.18 Å². The molecule has 9 heteroatoms. The van der Waals surface area contributed by atoms with E-state index in [0.29, 0.717) is 17.1 Å². The summed E-state index contributed by atoms with van der Waals surface area (Å²) in [6.45, 7) is 0. The number of hydrogen-bond acceptors (Lipinski definition) is 6. The van der Waals surface area contributed by atoms with Crippen molar-refractivity contribution in [3.8, 4) is 11.5 Å². The zero-order valence-electron chi connectivity index (χ0n) is 20.6. The molecule has 0 saturated heterocycles. The third-order valence-corrected chi connectivity index (χ3v) is 6.76. The molecule has 196 valence electrons. The van der Waals surface area contributed by atoms with Crippen molar-refractivity contribution in [2.24, 2.45) is 0 Å². The number of ether oxygens (including phenoxy) is 2. The van der Waals surface area contributed by atoms with Crippen LogP contribution in [0.5, 0.6) is 11.5 Å². The van der Waals surface area contributed by atoms with E-state index < -0.39 is 11.7 Å². The predicted octanol–water partition coefficient (Wildman–Crippen LogP) is 8.02. The molecule has 1 heterocycles. The van der Waals surface area contributed by atoms with E-state index in [2.05, 4.69) is 20.6 Å². The van der Waals surface area contributed by atoms with Crippen molar-refractivity contribution < 1.29 is 22.6 Å². The van der Waals surface area contributed by atoms with E-state index in [1.54, 1.807) is 30.3 Å². The lowest BCUT2D eigenvalue weighted by molar-refractivity contribution is -0.137. The Morgan fingerprint density at radius 2 is 1.38 bits per heavy atom. The van der Waals surface area contributed by atoms with Crippen LogP contribution in [0.3, 0.4) is 0 Å². The maximum absolute atomic E-state index is 13.7. The Morgan fingerprint density at radius 3 is 2.05 bits per heavy atom. The Balaban J connectivity index is 1.30. The molecule has 0 spiro atoms. The van der Waals surface area contributed by atoms with Gasteiger partial charge in [-0.15, -0.1) is 0 Å². The van der Waals surface area contributed by atoms with Gasteiger partial charge in [0, 0.05) is 23.6 Å². The molecule has 37 heavy (non-hydrogen) atoms. The maximum Gasteiger partial charge on any atom is 0.421 e. The van der Waals surface area contributed by atoms with E-state index in [9.17, 15) is 13.2 Å². The van der Waals surface area contributed by atoms with Crippen LogP contribution in [0.25, 0.3) is 0 Å². The van der Waals surface area contributed by atoms with Gasteiger partial charge in [0.05, 0.1) is 12.2 Å². The number of anilines is 4. The number of nitrogens with zero attached hydrogens (tertiary/aromatic N) is 2. The molecule has 2 aliphatic rings. The van der Waals surface area contributed by atoms with Gasteiger partial charge in [-0.05, 0) is 87.8 Å². The zero-order chi connectivity index (χ0) is 25.7. The molecular formula is C28H31F3N4O2. The first-order valence-electron chi connectivity index (χ1n) is 12.9. The van der Waals surface area contributed by atoms with Crippen LogP contribution >= 0.6 is 0 Å². The summed E-state index contributed by atoms with van der Waals surface area (Å²) in [7, 11) is 0. The number of halogens is 3. The Kier molecular flexibility index (Phi) is 7.67. The lowest BCUT2D eigenvalue weighted by atomic mass is 9.98. The largest absolute Gasteiger partial charge is 0.490 e. The summed E-state index contributed by atoms with van der Waals surface area (Å²) < 4.78 is 53.2. The topological polar surface area (TPSA) is 68.3 Å². The number of rotatable bonds is 8. The van der Waals surface area contributed by atoms with Gasteiger partial charge in [0.15, 0.2) is 0 Å². The molecule has 0 amide bonds. The molecule has 2 fully saturated rings. The van der Waals surface area contributed by atoms with Gasteiger partial charge in [0.25, 0.3) is 0 Å². The van der Waals surface area contributed by atoms with E-state index in [0.717, 1.165) is 50.5 Å². The molecule has 3 aromatic rings. The van der Waals surface area contributed by atoms with E-state index in [1.165, 1.54) is 19.3 Å². The number of hydrogen-bond donors (Lipinski definition) is 2.